The van der Waals surface area contributed by atoms with Gasteiger partial charge in [0.2, 0.25) is 10.0 Å². The molecule has 0 aliphatic heterocycles. The molecule has 1 aliphatic carbocycles. The van der Waals surface area contributed by atoms with Gasteiger partial charge in [0.1, 0.15) is 5.56 Å². The largest absolute Gasteiger partial charge is 0.365 e. The Morgan fingerprint density at radius 1 is 1.34 bits per heavy atom. The van der Waals surface area contributed by atoms with Crippen LogP contribution in [0.2, 0.25) is 5.02 Å². The highest BCUT2D eigenvalue weighted by Gasteiger charge is 2.34. The van der Waals surface area contributed by atoms with Crippen LogP contribution in [-0.2, 0) is 10.0 Å². The summed E-state index contributed by atoms with van der Waals surface area (Å²) in [5.74, 6) is -0.825. The van der Waals surface area contributed by atoms with E-state index < -0.39 is 21.8 Å². The topological polar surface area (TPSA) is 143 Å². The summed E-state index contributed by atoms with van der Waals surface area (Å²) in [5, 5.41) is 17.7. The van der Waals surface area contributed by atoms with Gasteiger partial charge in [0.15, 0.2) is 5.82 Å². The fourth-order valence-corrected chi connectivity index (χ4v) is 4.47. The van der Waals surface area contributed by atoms with E-state index in [4.69, 9.17) is 17.3 Å². The van der Waals surface area contributed by atoms with Crippen molar-refractivity contribution in [2.75, 3.05) is 11.6 Å². The second-order valence-electron chi connectivity index (χ2n) is 7.07. The number of hydrogen-bond acceptors (Lipinski definition) is 6. The molecule has 1 heterocycles. The van der Waals surface area contributed by atoms with Gasteiger partial charge in [-0.1, -0.05) is 11.6 Å². The minimum absolute atomic E-state index is 0.202. The number of nitrogens with zero attached hydrogens (tertiary/aromatic N) is 3. The molecule has 1 amide bonds. The number of carbonyl (C=O) groups is 1. The van der Waals surface area contributed by atoms with Crippen molar-refractivity contribution in [2.24, 2.45) is 11.7 Å². The summed E-state index contributed by atoms with van der Waals surface area (Å²) in [6, 6.07) is 8.52. The first-order chi connectivity index (χ1) is 13.7. The molecule has 4 N–H and O–H groups in total. The van der Waals surface area contributed by atoms with Crippen molar-refractivity contribution in [3.05, 3.63) is 41.0 Å². The fourth-order valence-electron chi connectivity index (χ4n) is 3.52. The number of carbonyl (C=O) groups excluding carboxylic acids is 1. The predicted molar refractivity (Wildman–Crippen MR) is 109 cm³/mol. The van der Waals surface area contributed by atoms with Crippen LogP contribution in [-0.4, -0.2) is 36.4 Å². The number of nitriles is 1. The average Bonchev–Trinajstić information content (AvgIpc) is 3.06. The molecule has 9 nitrogen and oxygen atoms in total. The van der Waals surface area contributed by atoms with E-state index in [0.717, 1.165) is 6.26 Å². The maximum absolute atomic E-state index is 11.9. The van der Waals surface area contributed by atoms with Gasteiger partial charge in [0, 0.05) is 22.9 Å². The summed E-state index contributed by atoms with van der Waals surface area (Å²) in [4.78, 5) is 11.9. The van der Waals surface area contributed by atoms with Crippen LogP contribution in [0, 0.1) is 17.2 Å². The lowest BCUT2D eigenvalue weighted by Crippen LogP contribution is -2.40. The molecule has 0 radical (unpaired) electrons. The van der Waals surface area contributed by atoms with Crippen LogP contribution in [0.1, 0.15) is 35.7 Å². The lowest BCUT2D eigenvalue weighted by Gasteiger charge is -2.32. The van der Waals surface area contributed by atoms with Crippen molar-refractivity contribution < 1.29 is 13.2 Å². The van der Waals surface area contributed by atoms with E-state index in [1.54, 1.807) is 28.9 Å². The van der Waals surface area contributed by atoms with Gasteiger partial charge in [-0.2, -0.15) is 10.4 Å². The minimum Gasteiger partial charge on any atom is -0.365 e. The number of hydrogen-bond donors (Lipinski definition) is 3. The molecule has 3 atom stereocenters. The van der Waals surface area contributed by atoms with Gasteiger partial charge in [-0.3, -0.25) is 9.48 Å². The van der Waals surface area contributed by atoms with Crippen molar-refractivity contribution in [3.63, 3.8) is 0 Å². The first-order valence-corrected chi connectivity index (χ1v) is 11.2. The molecular weight excluding hydrogens is 416 g/mol. The molecular formula is C18H21ClN6O3S. The van der Waals surface area contributed by atoms with Crippen molar-refractivity contribution in [2.45, 2.75) is 31.3 Å². The standard InChI is InChI=1S/C18H21ClN6O3S/c1-29(27,28)24-14-6-7-16(11(8-14)9-20)25-10-15(17(21)26)18(23-25)22-13-4-2-12(19)3-5-13/h2-5,10-11,14,16,24H,6-8H2,1H3,(H2,21,26)(H,22,23). The molecule has 0 saturated heterocycles. The van der Waals surface area contributed by atoms with Crippen LogP contribution in [0.3, 0.4) is 0 Å². The zero-order chi connectivity index (χ0) is 21.2. The highest BCUT2D eigenvalue weighted by atomic mass is 35.5. The maximum atomic E-state index is 11.9. The van der Waals surface area contributed by atoms with Crippen LogP contribution >= 0.6 is 11.6 Å². The van der Waals surface area contributed by atoms with Crippen LogP contribution in [0.15, 0.2) is 30.5 Å². The third kappa shape index (κ3) is 5.26. The van der Waals surface area contributed by atoms with Crippen LogP contribution in [0.5, 0.6) is 0 Å². The maximum Gasteiger partial charge on any atom is 0.254 e. The third-order valence-corrected chi connectivity index (χ3v) is 5.82. The van der Waals surface area contributed by atoms with E-state index in [9.17, 15) is 18.5 Å². The van der Waals surface area contributed by atoms with Crippen molar-refractivity contribution in [1.29, 1.82) is 5.26 Å². The highest BCUT2D eigenvalue weighted by molar-refractivity contribution is 7.88. The Labute approximate surface area is 173 Å². The Morgan fingerprint density at radius 3 is 2.62 bits per heavy atom. The second kappa shape index (κ2) is 8.41. The zero-order valence-electron chi connectivity index (χ0n) is 15.7. The van der Waals surface area contributed by atoms with Gasteiger partial charge < -0.3 is 11.1 Å². The number of anilines is 2. The summed E-state index contributed by atoms with van der Waals surface area (Å²) >= 11 is 5.89. The molecule has 0 bridgehead atoms. The lowest BCUT2D eigenvalue weighted by molar-refractivity contribution is 0.100. The fraction of sp³-hybridized carbons (Fsp3) is 0.389. The molecule has 3 rings (SSSR count). The van der Waals surface area contributed by atoms with E-state index in [2.05, 4.69) is 21.2 Å². The van der Waals surface area contributed by atoms with Gasteiger partial charge in [-0.05, 0) is 43.5 Å². The second-order valence-corrected chi connectivity index (χ2v) is 9.29. The number of sulfonamides is 1. The molecule has 1 fully saturated rings. The highest BCUT2D eigenvalue weighted by Crippen LogP contribution is 2.35. The summed E-state index contributed by atoms with van der Waals surface area (Å²) in [6.45, 7) is 0. The summed E-state index contributed by atoms with van der Waals surface area (Å²) in [5.41, 5.74) is 6.38. The summed E-state index contributed by atoms with van der Waals surface area (Å²) in [6.07, 6.45) is 4.08. The van der Waals surface area contributed by atoms with E-state index in [-0.39, 0.29) is 23.5 Å². The molecule has 3 unspecified atom stereocenters. The van der Waals surface area contributed by atoms with Crippen LogP contribution in [0.25, 0.3) is 0 Å². The van der Waals surface area contributed by atoms with E-state index in [0.29, 0.717) is 30.0 Å². The number of amides is 1. The number of halogens is 1. The first kappa shape index (κ1) is 21.1. The Kier molecular flexibility index (Phi) is 6.12. The number of aromatic nitrogens is 2. The molecule has 1 saturated carbocycles. The Morgan fingerprint density at radius 2 is 2.03 bits per heavy atom. The quantitative estimate of drug-likeness (QED) is 0.633. The number of benzene rings is 1. The van der Waals surface area contributed by atoms with E-state index >= 15 is 0 Å². The number of nitrogens with two attached hydrogens (primary N) is 1. The Balaban J connectivity index is 1.84. The molecule has 29 heavy (non-hydrogen) atoms. The molecule has 1 aromatic carbocycles. The van der Waals surface area contributed by atoms with Crippen molar-refractivity contribution in [1.82, 2.24) is 14.5 Å². The normalized spacial score (nSPS) is 22.0. The van der Waals surface area contributed by atoms with Gasteiger partial charge in [-0.15, -0.1) is 0 Å². The Bertz CT molecular complexity index is 1040. The van der Waals surface area contributed by atoms with Gasteiger partial charge >= 0.3 is 0 Å². The zero-order valence-corrected chi connectivity index (χ0v) is 17.2. The lowest BCUT2D eigenvalue weighted by atomic mass is 9.83. The minimum atomic E-state index is -3.35. The van der Waals surface area contributed by atoms with E-state index in [1.165, 1.54) is 6.20 Å². The average molecular weight is 437 g/mol. The van der Waals surface area contributed by atoms with Gasteiger partial charge in [0.05, 0.1) is 24.3 Å². The van der Waals surface area contributed by atoms with Gasteiger partial charge in [0.25, 0.3) is 5.91 Å². The molecule has 1 aliphatic rings. The van der Waals surface area contributed by atoms with E-state index in [1.807, 2.05) is 0 Å². The molecule has 0 spiro atoms. The first-order valence-electron chi connectivity index (χ1n) is 8.94. The molecule has 1 aromatic heterocycles. The third-order valence-electron chi connectivity index (χ3n) is 4.80. The molecule has 2 aromatic rings. The van der Waals surface area contributed by atoms with Gasteiger partial charge in [-0.25, -0.2) is 13.1 Å². The van der Waals surface area contributed by atoms with Crippen LogP contribution < -0.4 is 15.8 Å². The Hall–Kier alpha value is -2.61. The number of nitrogens with one attached hydrogen (secondary N) is 2. The molecule has 154 valence electrons. The smallest absolute Gasteiger partial charge is 0.254 e. The van der Waals surface area contributed by atoms with Crippen molar-refractivity contribution in [3.8, 4) is 6.07 Å². The van der Waals surface area contributed by atoms with Crippen molar-refractivity contribution >= 4 is 39.0 Å². The monoisotopic (exact) mass is 436 g/mol. The number of rotatable bonds is 6. The predicted octanol–water partition coefficient (Wildman–Crippen LogP) is 2.16. The summed E-state index contributed by atoms with van der Waals surface area (Å²) in [7, 11) is -3.35. The molecule has 11 heteroatoms. The number of primary amides is 1. The summed E-state index contributed by atoms with van der Waals surface area (Å²) < 4.78 is 27.1. The van der Waals surface area contributed by atoms with Crippen LogP contribution in [0.4, 0.5) is 11.5 Å². The SMILES string of the molecule is CS(=O)(=O)NC1CCC(n2cc(C(N)=O)c(Nc3ccc(Cl)cc3)n2)C(C#N)C1.